The van der Waals surface area contributed by atoms with Gasteiger partial charge >= 0.3 is 0 Å². The summed E-state index contributed by atoms with van der Waals surface area (Å²) in [6.07, 6.45) is 1.83. The van der Waals surface area contributed by atoms with Crippen LogP contribution in [0.2, 0.25) is 0 Å². The summed E-state index contributed by atoms with van der Waals surface area (Å²) in [7, 11) is 1.62. The van der Waals surface area contributed by atoms with Crippen LogP contribution in [-0.4, -0.2) is 31.6 Å². The Hall–Kier alpha value is -2.30. The Morgan fingerprint density at radius 3 is 2.65 bits per heavy atom. The first kappa shape index (κ1) is 14.1. The van der Waals surface area contributed by atoms with Gasteiger partial charge in [-0.1, -0.05) is 12.1 Å². The van der Waals surface area contributed by atoms with Crippen LogP contribution in [0.15, 0.2) is 35.0 Å². The first-order chi connectivity index (χ1) is 9.63. The number of ether oxygens (including phenoxy) is 2. The molecule has 1 atom stereocenters. The van der Waals surface area contributed by atoms with E-state index in [1.165, 1.54) is 0 Å². The molecule has 1 aromatic rings. The molecule has 0 saturated heterocycles. The van der Waals surface area contributed by atoms with Gasteiger partial charge in [0, 0.05) is 0 Å². The summed E-state index contributed by atoms with van der Waals surface area (Å²) in [6, 6.07) is 7.10. The third-order valence-corrected chi connectivity index (χ3v) is 2.89. The number of nitrogens with one attached hydrogen (secondary N) is 1. The van der Waals surface area contributed by atoms with E-state index in [-0.39, 0.29) is 5.91 Å². The van der Waals surface area contributed by atoms with Gasteiger partial charge < -0.3 is 14.8 Å². The normalized spacial score (nSPS) is 20.4. The fourth-order valence-corrected chi connectivity index (χ4v) is 1.81. The lowest BCUT2D eigenvalue weighted by molar-refractivity contribution is -0.121. The summed E-state index contributed by atoms with van der Waals surface area (Å²) in [4.78, 5) is 16.0. The van der Waals surface area contributed by atoms with Crippen LogP contribution in [0, 0.1) is 0 Å². The predicted octanol–water partition coefficient (Wildman–Crippen LogP) is 1.99. The van der Waals surface area contributed by atoms with E-state index in [0.29, 0.717) is 18.2 Å². The molecule has 106 valence electrons. The quantitative estimate of drug-likeness (QED) is 0.917. The highest BCUT2D eigenvalue weighted by atomic mass is 16.5. The van der Waals surface area contributed by atoms with Crippen molar-refractivity contribution in [3.8, 4) is 5.75 Å². The van der Waals surface area contributed by atoms with Gasteiger partial charge in [-0.25, -0.2) is 4.99 Å². The molecule has 0 radical (unpaired) electrons. The van der Waals surface area contributed by atoms with E-state index in [4.69, 9.17) is 9.47 Å². The monoisotopic (exact) mass is 274 g/mol. The lowest BCUT2D eigenvalue weighted by Crippen LogP contribution is -2.40. The van der Waals surface area contributed by atoms with Crippen LogP contribution < -0.4 is 10.1 Å². The predicted molar refractivity (Wildman–Crippen MR) is 77.6 cm³/mol. The summed E-state index contributed by atoms with van der Waals surface area (Å²) in [5.41, 5.74) is 1.52. The van der Waals surface area contributed by atoms with Crippen molar-refractivity contribution >= 4 is 17.9 Å². The van der Waals surface area contributed by atoms with Crippen molar-refractivity contribution in [2.75, 3.05) is 13.7 Å². The maximum Gasteiger partial charge on any atom is 0.249 e. The number of methoxy groups -OCH3 is 1. The van der Waals surface area contributed by atoms with Gasteiger partial charge in [-0.2, -0.15) is 0 Å². The molecule has 0 aliphatic carbocycles. The minimum absolute atomic E-state index is 0.131. The van der Waals surface area contributed by atoms with Crippen LogP contribution in [0.25, 0.3) is 6.08 Å². The van der Waals surface area contributed by atoms with Crippen LogP contribution in [0.1, 0.15) is 19.4 Å². The minimum Gasteiger partial charge on any atom is -0.497 e. The molecular formula is C15H18N2O3. The van der Waals surface area contributed by atoms with E-state index in [2.05, 4.69) is 10.3 Å². The topological polar surface area (TPSA) is 59.9 Å². The molecule has 1 aliphatic heterocycles. The Bertz CT molecular complexity index is 547. The number of rotatable bonds is 3. The Labute approximate surface area is 118 Å². The van der Waals surface area contributed by atoms with Gasteiger partial charge in [-0.15, -0.1) is 0 Å². The number of amides is 1. The average molecular weight is 274 g/mol. The number of nitrogens with zero attached hydrogens (tertiary/aromatic N) is 1. The maximum atomic E-state index is 11.7. The molecule has 0 spiro atoms. The third kappa shape index (κ3) is 3.17. The van der Waals surface area contributed by atoms with E-state index >= 15 is 0 Å². The first-order valence-corrected chi connectivity index (χ1v) is 6.51. The van der Waals surface area contributed by atoms with Gasteiger partial charge in [-0.3, -0.25) is 4.79 Å². The lowest BCUT2D eigenvalue weighted by atomic mass is 10.1. The summed E-state index contributed by atoms with van der Waals surface area (Å²) in [5, 5.41) is 2.81. The van der Waals surface area contributed by atoms with Crippen molar-refractivity contribution in [3.05, 3.63) is 35.5 Å². The number of benzene rings is 1. The molecule has 5 heteroatoms. The number of carbonyl (C=O) groups is 1. The van der Waals surface area contributed by atoms with Crippen LogP contribution in [0.5, 0.6) is 5.75 Å². The van der Waals surface area contributed by atoms with E-state index in [9.17, 15) is 4.79 Å². The van der Waals surface area contributed by atoms with Crippen molar-refractivity contribution < 1.29 is 14.3 Å². The summed E-state index contributed by atoms with van der Waals surface area (Å²) >= 11 is 0. The number of carbonyl (C=O) groups excluding carboxylic acids is 1. The number of hydrogen-bond donors (Lipinski definition) is 1. The Morgan fingerprint density at radius 2 is 2.05 bits per heavy atom. The first-order valence-electron chi connectivity index (χ1n) is 6.51. The smallest absolute Gasteiger partial charge is 0.249 e. The lowest BCUT2D eigenvalue weighted by Gasteiger charge is -2.20. The molecule has 1 unspecified atom stereocenters. The van der Waals surface area contributed by atoms with Gasteiger partial charge in [0.05, 0.1) is 13.7 Å². The zero-order valence-electron chi connectivity index (χ0n) is 11.8. The molecule has 1 aromatic carbocycles. The largest absolute Gasteiger partial charge is 0.497 e. The molecule has 0 saturated carbocycles. The number of aliphatic imine (C=N–C) groups is 1. The highest BCUT2D eigenvalue weighted by Gasteiger charge is 2.23. The van der Waals surface area contributed by atoms with E-state index in [1.807, 2.05) is 37.3 Å². The molecule has 0 bridgehead atoms. The van der Waals surface area contributed by atoms with Crippen molar-refractivity contribution in [3.63, 3.8) is 0 Å². The van der Waals surface area contributed by atoms with Crippen molar-refractivity contribution in [1.82, 2.24) is 5.32 Å². The van der Waals surface area contributed by atoms with E-state index in [1.54, 1.807) is 14.0 Å². The Kier molecular flexibility index (Phi) is 4.40. The molecule has 20 heavy (non-hydrogen) atoms. The molecule has 0 aromatic heterocycles. The zero-order chi connectivity index (χ0) is 14.5. The van der Waals surface area contributed by atoms with Crippen molar-refractivity contribution in [2.24, 2.45) is 4.99 Å². The SMILES string of the molecule is CCOC1=NC(C)C(=O)N/C1=C\c1ccc(OC)cc1. The molecular weight excluding hydrogens is 256 g/mol. The standard InChI is InChI=1S/C15H18N2O3/c1-4-20-15-13(17-14(18)10(2)16-15)9-11-5-7-12(19-3)8-6-11/h5-10H,4H2,1-3H3,(H,17,18)/b13-9-. The Balaban J connectivity index is 2.29. The molecule has 1 aliphatic rings. The molecule has 1 amide bonds. The second kappa shape index (κ2) is 6.23. The summed E-state index contributed by atoms with van der Waals surface area (Å²) in [6.45, 7) is 4.12. The van der Waals surface area contributed by atoms with Crippen LogP contribution in [0.4, 0.5) is 0 Å². The third-order valence-electron chi connectivity index (χ3n) is 2.89. The van der Waals surface area contributed by atoms with Crippen LogP contribution in [-0.2, 0) is 9.53 Å². The number of hydrogen-bond acceptors (Lipinski definition) is 4. The molecule has 0 fully saturated rings. The molecule has 2 rings (SSSR count). The zero-order valence-corrected chi connectivity index (χ0v) is 11.8. The second-order valence-corrected chi connectivity index (χ2v) is 4.36. The van der Waals surface area contributed by atoms with Crippen LogP contribution in [0.3, 0.4) is 0 Å². The van der Waals surface area contributed by atoms with Gasteiger partial charge in [0.15, 0.2) is 0 Å². The molecule has 1 N–H and O–H groups in total. The average Bonchev–Trinajstić information content (AvgIpc) is 2.45. The molecule has 5 nitrogen and oxygen atoms in total. The van der Waals surface area contributed by atoms with E-state index in [0.717, 1.165) is 11.3 Å². The highest BCUT2D eigenvalue weighted by molar-refractivity contribution is 6.06. The second-order valence-electron chi connectivity index (χ2n) is 4.36. The minimum atomic E-state index is -0.426. The fraction of sp³-hybridized carbons (Fsp3) is 0.333. The van der Waals surface area contributed by atoms with Gasteiger partial charge in [0.2, 0.25) is 11.8 Å². The van der Waals surface area contributed by atoms with Gasteiger partial charge in [0.1, 0.15) is 17.5 Å². The molecule has 1 heterocycles. The maximum absolute atomic E-state index is 11.7. The van der Waals surface area contributed by atoms with Crippen LogP contribution >= 0.6 is 0 Å². The Morgan fingerprint density at radius 1 is 1.35 bits per heavy atom. The van der Waals surface area contributed by atoms with E-state index < -0.39 is 6.04 Å². The summed E-state index contributed by atoms with van der Waals surface area (Å²) in [5.74, 6) is 1.12. The van der Waals surface area contributed by atoms with Gasteiger partial charge in [-0.05, 0) is 37.6 Å². The fourth-order valence-electron chi connectivity index (χ4n) is 1.81. The van der Waals surface area contributed by atoms with Crippen molar-refractivity contribution in [2.45, 2.75) is 19.9 Å². The van der Waals surface area contributed by atoms with Gasteiger partial charge in [0.25, 0.3) is 0 Å². The van der Waals surface area contributed by atoms with Crippen molar-refractivity contribution in [1.29, 1.82) is 0 Å². The highest BCUT2D eigenvalue weighted by Crippen LogP contribution is 2.16. The summed E-state index contributed by atoms with van der Waals surface area (Å²) < 4.78 is 10.6.